The first-order valence-corrected chi connectivity index (χ1v) is 11.1. The van der Waals surface area contributed by atoms with Crippen LogP contribution in [0.4, 0.5) is 0 Å². The van der Waals surface area contributed by atoms with Crippen molar-refractivity contribution in [3.8, 4) is 17.2 Å². The zero-order valence-electron chi connectivity index (χ0n) is 21.2. The molecule has 5 heteroatoms. The first-order chi connectivity index (χ1) is 15.0. The van der Waals surface area contributed by atoms with E-state index >= 15 is 0 Å². The van der Waals surface area contributed by atoms with Crippen molar-refractivity contribution in [3.05, 3.63) is 59.7 Å². The molecule has 0 spiro atoms. The summed E-state index contributed by atoms with van der Waals surface area (Å²) in [4.78, 5) is 24.7. The van der Waals surface area contributed by atoms with Crippen LogP contribution in [0.1, 0.15) is 78.2 Å². The molecular weight excluding hydrogens is 416 g/mol. The Bertz CT molecular complexity index is 1010. The highest BCUT2D eigenvalue weighted by molar-refractivity contribution is 6.07. The number of ether oxygens (including phenoxy) is 3. The van der Waals surface area contributed by atoms with Crippen LogP contribution in [0.2, 0.25) is 0 Å². The molecule has 0 bridgehead atoms. The smallest absolute Gasteiger partial charge is 0.316 e. The minimum absolute atomic E-state index is 0.166. The summed E-state index contributed by atoms with van der Waals surface area (Å²) in [6.07, 6.45) is 3.24. The molecule has 0 saturated carbocycles. The summed E-state index contributed by atoms with van der Waals surface area (Å²) in [5.74, 6) is 1.25. The fourth-order valence-electron chi connectivity index (χ4n) is 2.70. The van der Waals surface area contributed by atoms with Gasteiger partial charge in [0.25, 0.3) is 0 Å². The Morgan fingerprint density at radius 3 is 1.79 bits per heavy atom. The van der Waals surface area contributed by atoms with Gasteiger partial charge in [0, 0.05) is 17.2 Å². The molecule has 0 amide bonds. The van der Waals surface area contributed by atoms with Gasteiger partial charge in [-0.15, -0.1) is 0 Å². The van der Waals surface area contributed by atoms with E-state index in [1.165, 1.54) is 6.08 Å². The van der Waals surface area contributed by atoms with E-state index in [1.807, 2.05) is 59.7 Å². The van der Waals surface area contributed by atoms with Gasteiger partial charge in [0.05, 0.1) is 5.41 Å². The van der Waals surface area contributed by atoms with Gasteiger partial charge in [-0.2, -0.15) is 0 Å². The van der Waals surface area contributed by atoms with Crippen molar-refractivity contribution in [2.45, 2.75) is 73.5 Å². The van der Waals surface area contributed by atoms with Crippen LogP contribution in [-0.4, -0.2) is 23.0 Å². The SMILES string of the molecule is CC(C)(C)Oc1ccc(/C=C/C(=O)c2ccc(OC(=O)C(C)(C)C)cc2)c(OC(C)(C)C)c1. The molecule has 2 aromatic rings. The average molecular weight is 453 g/mol. The van der Waals surface area contributed by atoms with Gasteiger partial charge >= 0.3 is 5.97 Å². The topological polar surface area (TPSA) is 61.8 Å². The number of carbonyl (C=O) groups excluding carboxylic acids is 2. The van der Waals surface area contributed by atoms with Crippen LogP contribution in [0.15, 0.2) is 48.5 Å². The number of ketones is 1. The Morgan fingerprint density at radius 2 is 1.27 bits per heavy atom. The second-order valence-electron chi connectivity index (χ2n) is 11.0. The van der Waals surface area contributed by atoms with E-state index in [9.17, 15) is 9.59 Å². The molecule has 0 fully saturated rings. The molecule has 2 rings (SSSR count). The van der Waals surface area contributed by atoms with E-state index in [0.29, 0.717) is 22.8 Å². The van der Waals surface area contributed by atoms with Crippen LogP contribution in [0, 0.1) is 5.41 Å². The predicted octanol–water partition coefficient (Wildman–Crippen LogP) is 6.89. The minimum Gasteiger partial charge on any atom is -0.488 e. The molecule has 5 nitrogen and oxygen atoms in total. The van der Waals surface area contributed by atoms with E-state index in [1.54, 1.807) is 51.1 Å². The summed E-state index contributed by atoms with van der Waals surface area (Å²) in [6.45, 7) is 17.2. The van der Waals surface area contributed by atoms with Gasteiger partial charge in [0.15, 0.2) is 5.78 Å². The highest BCUT2D eigenvalue weighted by atomic mass is 16.5. The zero-order valence-corrected chi connectivity index (χ0v) is 21.2. The van der Waals surface area contributed by atoms with Gasteiger partial charge in [0.2, 0.25) is 0 Å². The summed E-state index contributed by atoms with van der Waals surface area (Å²) in [7, 11) is 0. The van der Waals surface area contributed by atoms with Crippen molar-refractivity contribution < 1.29 is 23.8 Å². The van der Waals surface area contributed by atoms with Crippen molar-refractivity contribution in [1.29, 1.82) is 0 Å². The molecule has 0 aliphatic heterocycles. The first kappa shape index (κ1) is 26.2. The lowest BCUT2D eigenvalue weighted by molar-refractivity contribution is -0.143. The lowest BCUT2D eigenvalue weighted by Crippen LogP contribution is -2.25. The zero-order chi connectivity index (χ0) is 25.0. The van der Waals surface area contributed by atoms with Crippen molar-refractivity contribution in [3.63, 3.8) is 0 Å². The fraction of sp³-hybridized carbons (Fsp3) is 0.429. The average Bonchev–Trinajstić information content (AvgIpc) is 2.64. The molecular formula is C28H36O5. The molecule has 33 heavy (non-hydrogen) atoms. The fourth-order valence-corrected chi connectivity index (χ4v) is 2.70. The van der Waals surface area contributed by atoms with Gasteiger partial charge in [0.1, 0.15) is 28.5 Å². The normalized spacial score (nSPS) is 12.5. The number of allylic oxidation sites excluding steroid dienone is 1. The standard InChI is InChI=1S/C28H36O5/c1-26(2,3)25(30)31-21-14-10-19(11-15-21)23(29)17-13-20-12-16-22(32-27(4,5)6)18-24(20)33-28(7,8)9/h10-18H,1-9H3/b17-13+. The third-order valence-corrected chi connectivity index (χ3v) is 4.20. The second-order valence-corrected chi connectivity index (χ2v) is 11.0. The summed E-state index contributed by atoms with van der Waals surface area (Å²) in [5, 5.41) is 0. The highest BCUT2D eigenvalue weighted by Crippen LogP contribution is 2.31. The molecule has 0 saturated heterocycles. The molecule has 0 aliphatic carbocycles. The van der Waals surface area contributed by atoms with Gasteiger partial charge in [-0.25, -0.2) is 0 Å². The summed E-state index contributed by atoms with van der Waals surface area (Å²) in [6, 6.07) is 12.1. The van der Waals surface area contributed by atoms with E-state index in [0.717, 1.165) is 5.56 Å². The van der Waals surface area contributed by atoms with Crippen LogP contribution in [0.3, 0.4) is 0 Å². The summed E-state index contributed by atoms with van der Waals surface area (Å²) >= 11 is 0. The van der Waals surface area contributed by atoms with E-state index in [2.05, 4.69) is 0 Å². The largest absolute Gasteiger partial charge is 0.488 e. The van der Waals surface area contributed by atoms with Crippen molar-refractivity contribution in [2.75, 3.05) is 0 Å². The number of rotatable bonds is 6. The molecule has 0 atom stereocenters. The molecule has 0 N–H and O–H groups in total. The van der Waals surface area contributed by atoms with Crippen LogP contribution in [0.5, 0.6) is 17.2 Å². The number of hydrogen-bond donors (Lipinski definition) is 0. The van der Waals surface area contributed by atoms with E-state index in [4.69, 9.17) is 14.2 Å². The maximum Gasteiger partial charge on any atom is 0.316 e. The molecule has 0 aliphatic rings. The van der Waals surface area contributed by atoms with Gasteiger partial charge in [-0.1, -0.05) is 0 Å². The molecule has 2 aromatic carbocycles. The Labute approximate surface area is 197 Å². The predicted molar refractivity (Wildman–Crippen MR) is 132 cm³/mol. The molecule has 0 radical (unpaired) electrons. The van der Waals surface area contributed by atoms with Crippen LogP contribution in [-0.2, 0) is 4.79 Å². The lowest BCUT2D eigenvalue weighted by atomic mass is 9.97. The van der Waals surface area contributed by atoms with Crippen LogP contribution < -0.4 is 14.2 Å². The van der Waals surface area contributed by atoms with Gasteiger partial charge in [-0.3, -0.25) is 9.59 Å². The minimum atomic E-state index is -0.600. The quantitative estimate of drug-likeness (QED) is 0.207. The number of hydrogen-bond acceptors (Lipinski definition) is 5. The Hall–Kier alpha value is -3.08. The summed E-state index contributed by atoms with van der Waals surface area (Å²) < 4.78 is 17.4. The third-order valence-electron chi connectivity index (χ3n) is 4.20. The Kier molecular flexibility index (Phi) is 7.79. The summed E-state index contributed by atoms with van der Waals surface area (Å²) in [5.41, 5.74) is -0.0760. The van der Waals surface area contributed by atoms with Crippen LogP contribution >= 0.6 is 0 Å². The molecule has 178 valence electrons. The van der Waals surface area contributed by atoms with Crippen LogP contribution in [0.25, 0.3) is 6.08 Å². The Balaban J connectivity index is 2.21. The third kappa shape index (κ3) is 8.76. The second kappa shape index (κ2) is 9.82. The number of benzene rings is 2. The van der Waals surface area contributed by atoms with Crippen molar-refractivity contribution >= 4 is 17.8 Å². The van der Waals surface area contributed by atoms with E-state index < -0.39 is 11.0 Å². The van der Waals surface area contributed by atoms with Gasteiger partial charge in [-0.05, 0) is 111 Å². The Morgan fingerprint density at radius 1 is 0.727 bits per heavy atom. The van der Waals surface area contributed by atoms with E-state index in [-0.39, 0.29) is 17.4 Å². The maximum atomic E-state index is 12.7. The number of carbonyl (C=O) groups is 2. The van der Waals surface area contributed by atoms with Crippen molar-refractivity contribution in [1.82, 2.24) is 0 Å². The first-order valence-electron chi connectivity index (χ1n) is 11.1. The molecule has 0 unspecified atom stereocenters. The molecule has 0 heterocycles. The number of esters is 1. The maximum absolute atomic E-state index is 12.7. The van der Waals surface area contributed by atoms with Gasteiger partial charge < -0.3 is 14.2 Å². The monoisotopic (exact) mass is 452 g/mol. The highest BCUT2D eigenvalue weighted by Gasteiger charge is 2.23. The lowest BCUT2D eigenvalue weighted by Gasteiger charge is -2.25. The van der Waals surface area contributed by atoms with Crippen molar-refractivity contribution in [2.24, 2.45) is 5.41 Å². The molecule has 0 aromatic heterocycles.